The van der Waals surface area contributed by atoms with Gasteiger partial charge in [0, 0.05) is 60.0 Å². The lowest BCUT2D eigenvalue weighted by atomic mass is 9.86. The summed E-state index contributed by atoms with van der Waals surface area (Å²) in [4.78, 5) is 11.2. The highest BCUT2D eigenvalue weighted by Gasteiger charge is 2.37. The summed E-state index contributed by atoms with van der Waals surface area (Å²) in [6.07, 6.45) is 0. The van der Waals surface area contributed by atoms with E-state index in [9.17, 15) is 0 Å². The smallest absolute Gasteiger partial charge is 0.128 e. The third-order valence-electron chi connectivity index (χ3n) is 19.3. The van der Waals surface area contributed by atoms with Gasteiger partial charge in [-0.3, -0.25) is 4.98 Å². The third kappa shape index (κ3) is 8.78. The topological polar surface area (TPSA) is 45.5 Å². The summed E-state index contributed by atoms with van der Waals surface area (Å²) in [7, 11) is 0. The van der Waals surface area contributed by atoms with Gasteiger partial charge in [0.25, 0.3) is 0 Å². The van der Waals surface area contributed by atoms with Crippen molar-refractivity contribution in [2.45, 2.75) is 119 Å². The highest BCUT2D eigenvalue weighted by atomic mass is 32.1. The Morgan fingerprint density at radius 2 is 0.593 bits per heavy atom. The molecule has 16 rings (SSSR count). The van der Waals surface area contributed by atoms with Crippen molar-refractivity contribution in [3.8, 4) is 44.4 Å². The molecule has 0 radical (unpaired) electrons. The minimum atomic E-state index is -0.112. The van der Waals surface area contributed by atoms with E-state index in [0.29, 0.717) is 0 Å². The summed E-state index contributed by atoms with van der Waals surface area (Å²) in [5.74, 6) is 0. The average Bonchev–Trinajstić information content (AvgIpc) is 1.59. The van der Waals surface area contributed by atoms with Crippen LogP contribution in [0, 0.1) is 13.8 Å². The number of nitrogens with zero attached hydrogens (tertiary/aromatic N) is 6. The fraction of sp³-hybridized carbons (Fsp3) is 0.214. The lowest BCUT2D eigenvalue weighted by molar-refractivity contribution is 0.591. The molecule has 91 heavy (non-hydrogen) atoms. The van der Waals surface area contributed by atoms with Gasteiger partial charge in [0.05, 0.1) is 82.7 Å². The Balaban J connectivity index is 1.30. The molecule has 0 spiro atoms. The van der Waals surface area contributed by atoms with E-state index >= 15 is 0 Å². The Hall–Kier alpha value is -9.56. The van der Waals surface area contributed by atoms with Crippen LogP contribution in [0.25, 0.3) is 142 Å². The normalized spacial score (nSPS) is 12.9. The fourth-order valence-corrected chi connectivity index (χ4v) is 15.7. The molecule has 0 aliphatic heterocycles. The van der Waals surface area contributed by atoms with Gasteiger partial charge < -0.3 is 18.3 Å². The molecule has 10 aromatic carbocycles. The standard InChI is InChI=1S/C84H76N6S/c1-49-43-51(44-50(2)85-49)74-76(87-65-30-20-15-25-56(65)60-45-52(81(3,4)5)35-39-69(60)87)75(80-86-64-29-19-24-34-73(64)91-80)78(89-67-32-22-17-27-58(67)62-47-54(83(9,10)11)37-41-71(62)89)79(90-68-33-23-18-28-59(68)63-48-55(84(12,13)14)38-42-72(63)90)77(74)88-66-31-21-16-26-57(66)61-46-53(82(6,7)8)36-40-70(61)88/h15-48H,1-14H3. The van der Waals surface area contributed by atoms with Crippen molar-refractivity contribution in [1.82, 2.24) is 28.2 Å². The van der Waals surface area contributed by atoms with Crippen molar-refractivity contribution < 1.29 is 0 Å². The molecule has 7 heteroatoms. The van der Waals surface area contributed by atoms with Gasteiger partial charge in [0.15, 0.2) is 0 Å². The van der Waals surface area contributed by atoms with Crippen molar-refractivity contribution >= 4 is 109 Å². The molecule has 448 valence electrons. The molecule has 0 saturated heterocycles. The first-order valence-corrected chi connectivity index (χ1v) is 33.0. The maximum absolute atomic E-state index is 5.98. The number of fused-ring (bicyclic) bond motifs is 13. The third-order valence-corrected chi connectivity index (χ3v) is 20.4. The van der Waals surface area contributed by atoms with Crippen LogP contribution in [0.1, 0.15) is 117 Å². The quantitative estimate of drug-likeness (QED) is 0.167. The zero-order chi connectivity index (χ0) is 62.9. The largest absolute Gasteiger partial charge is 0.308 e. The summed E-state index contributed by atoms with van der Waals surface area (Å²) < 4.78 is 11.7. The Labute approximate surface area is 536 Å². The molecule has 0 aliphatic rings. The number of hydrogen-bond donors (Lipinski definition) is 0. The fourth-order valence-electron chi connectivity index (χ4n) is 14.7. The first-order valence-electron chi connectivity index (χ1n) is 32.2. The predicted molar refractivity (Wildman–Crippen MR) is 390 cm³/mol. The van der Waals surface area contributed by atoms with Crippen LogP contribution in [0.15, 0.2) is 206 Å². The molecule has 0 amide bonds. The Bertz CT molecular complexity index is 5670. The summed E-state index contributed by atoms with van der Waals surface area (Å²) in [6.45, 7) is 32.3. The van der Waals surface area contributed by atoms with Crippen LogP contribution in [0.3, 0.4) is 0 Å². The van der Waals surface area contributed by atoms with Gasteiger partial charge >= 0.3 is 0 Å². The summed E-state index contributed by atoms with van der Waals surface area (Å²) >= 11 is 1.78. The molecular formula is C84H76N6S. The molecule has 0 aliphatic carbocycles. The number of aryl methyl sites for hydroxylation is 2. The van der Waals surface area contributed by atoms with E-state index < -0.39 is 0 Å². The molecule has 0 atom stereocenters. The second kappa shape index (κ2) is 20.0. The van der Waals surface area contributed by atoms with E-state index in [0.717, 1.165) is 110 Å². The second-order valence-corrected chi connectivity index (χ2v) is 30.6. The van der Waals surface area contributed by atoms with Crippen LogP contribution in [0.5, 0.6) is 0 Å². The second-order valence-electron chi connectivity index (χ2n) is 29.6. The van der Waals surface area contributed by atoms with Crippen LogP contribution in [0.4, 0.5) is 0 Å². The van der Waals surface area contributed by atoms with Crippen molar-refractivity contribution in [1.29, 1.82) is 0 Å². The molecule has 6 aromatic heterocycles. The van der Waals surface area contributed by atoms with Crippen LogP contribution >= 0.6 is 11.3 Å². The van der Waals surface area contributed by atoms with Crippen molar-refractivity contribution in [2.24, 2.45) is 0 Å². The monoisotopic (exact) mass is 1200 g/mol. The first-order chi connectivity index (χ1) is 43.5. The molecule has 6 nitrogen and oxygen atoms in total. The Kier molecular flexibility index (Phi) is 12.4. The van der Waals surface area contributed by atoms with Crippen LogP contribution < -0.4 is 0 Å². The Morgan fingerprint density at radius 3 is 0.956 bits per heavy atom. The minimum Gasteiger partial charge on any atom is -0.308 e. The van der Waals surface area contributed by atoms with Crippen molar-refractivity contribution in [2.75, 3.05) is 0 Å². The van der Waals surface area contributed by atoms with Crippen LogP contribution in [-0.4, -0.2) is 28.2 Å². The number of rotatable bonds is 6. The van der Waals surface area contributed by atoms with Crippen LogP contribution in [-0.2, 0) is 21.7 Å². The van der Waals surface area contributed by atoms with Gasteiger partial charge in [-0.1, -0.05) is 192 Å². The maximum Gasteiger partial charge on any atom is 0.128 e. The maximum atomic E-state index is 5.98. The number of thiazole rings is 1. The first kappa shape index (κ1) is 56.7. The van der Waals surface area contributed by atoms with Gasteiger partial charge in [-0.05, 0) is 160 Å². The molecule has 0 fully saturated rings. The van der Waals surface area contributed by atoms with E-state index in [1.807, 2.05) is 0 Å². The van der Waals surface area contributed by atoms with Gasteiger partial charge in [0.2, 0.25) is 0 Å². The molecule has 6 heterocycles. The summed E-state index contributed by atoms with van der Waals surface area (Å²) in [6, 6.07) is 79.0. The van der Waals surface area contributed by atoms with E-state index in [1.165, 1.54) is 65.3 Å². The van der Waals surface area contributed by atoms with Gasteiger partial charge in [-0.2, -0.15) is 0 Å². The molecule has 0 N–H and O–H groups in total. The predicted octanol–water partition coefficient (Wildman–Crippen LogP) is 23.2. The number of hydrogen-bond acceptors (Lipinski definition) is 3. The van der Waals surface area contributed by atoms with E-state index in [2.05, 4.69) is 321 Å². The molecule has 0 saturated carbocycles. The number of pyridine rings is 1. The zero-order valence-corrected chi connectivity index (χ0v) is 55.5. The van der Waals surface area contributed by atoms with Crippen molar-refractivity contribution in [3.63, 3.8) is 0 Å². The Morgan fingerprint density at radius 1 is 0.286 bits per heavy atom. The van der Waals surface area contributed by atoms with E-state index in [4.69, 9.17) is 9.97 Å². The van der Waals surface area contributed by atoms with E-state index in [-0.39, 0.29) is 21.7 Å². The lowest BCUT2D eigenvalue weighted by Gasteiger charge is -2.31. The van der Waals surface area contributed by atoms with Crippen LogP contribution in [0.2, 0.25) is 0 Å². The van der Waals surface area contributed by atoms with E-state index in [1.54, 1.807) is 11.3 Å². The SMILES string of the molecule is Cc1cc(-c2c(-n3c4ccccc4c4cc(C(C)(C)C)ccc43)c(-c3nc4ccccc4s3)c(-n3c4ccccc4c4cc(C(C)(C)C)ccc43)c(-n3c4ccccc4c4cc(C(C)(C)C)ccc43)c2-n2c3ccccc3c3cc(C(C)(C)C)ccc32)cc(C)n1. The van der Waals surface area contributed by atoms with Gasteiger partial charge in [0.1, 0.15) is 5.01 Å². The molecule has 0 unspecified atom stereocenters. The number of benzene rings is 10. The minimum absolute atomic E-state index is 0.106. The molecule has 0 bridgehead atoms. The average molecular weight is 1200 g/mol. The molecule has 16 aromatic rings. The number of aromatic nitrogens is 6. The zero-order valence-electron chi connectivity index (χ0n) is 54.7. The highest BCUT2D eigenvalue weighted by molar-refractivity contribution is 7.21. The lowest BCUT2D eigenvalue weighted by Crippen LogP contribution is -2.16. The highest BCUT2D eigenvalue weighted by Crippen LogP contribution is 2.56. The molecular weight excluding hydrogens is 1130 g/mol. The summed E-state index contributed by atoms with van der Waals surface area (Å²) in [5.41, 5.74) is 23.8. The van der Waals surface area contributed by atoms with Crippen molar-refractivity contribution in [3.05, 3.63) is 240 Å². The van der Waals surface area contributed by atoms with Gasteiger partial charge in [-0.15, -0.1) is 11.3 Å². The van der Waals surface area contributed by atoms with Gasteiger partial charge in [-0.25, -0.2) is 4.98 Å². The number of para-hydroxylation sites is 5. The summed E-state index contributed by atoms with van der Waals surface area (Å²) in [5, 5.41) is 10.5.